The van der Waals surface area contributed by atoms with Crippen LogP contribution in [-0.2, 0) is 0 Å². The third kappa shape index (κ3) is 2.96. The Kier molecular flexibility index (Phi) is 4.97. The maximum absolute atomic E-state index is 5.64. The predicted molar refractivity (Wildman–Crippen MR) is 85.6 cm³/mol. The second kappa shape index (κ2) is 6.35. The molecule has 4 heteroatoms. The predicted octanol–water partition coefficient (Wildman–Crippen LogP) is 4.31. The van der Waals surface area contributed by atoms with Crippen LogP contribution < -0.4 is 14.8 Å². The van der Waals surface area contributed by atoms with Gasteiger partial charge in [0.15, 0.2) is 0 Å². The summed E-state index contributed by atoms with van der Waals surface area (Å²) < 4.78 is 11.9. The van der Waals surface area contributed by atoms with Crippen LogP contribution >= 0.6 is 15.9 Å². The highest BCUT2D eigenvalue weighted by Crippen LogP contribution is 2.56. The first-order chi connectivity index (χ1) is 9.57. The topological polar surface area (TPSA) is 30.5 Å². The number of rotatable bonds is 7. The molecule has 112 valence electrons. The van der Waals surface area contributed by atoms with E-state index in [1.54, 1.807) is 14.2 Å². The lowest BCUT2D eigenvalue weighted by atomic mass is 9.91. The van der Waals surface area contributed by atoms with Gasteiger partial charge in [-0.15, -0.1) is 0 Å². The summed E-state index contributed by atoms with van der Waals surface area (Å²) in [7, 11) is 3.39. The van der Waals surface area contributed by atoms with E-state index in [4.69, 9.17) is 9.47 Å². The quantitative estimate of drug-likeness (QED) is 0.801. The van der Waals surface area contributed by atoms with Crippen LogP contribution in [-0.4, -0.2) is 20.8 Å². The molecule has 0 bridgehead atoms. The smallest absolute Gasteiger partial charge is 0.141 e. The monoisotopic (exact) mass is 341 g/mol. The fraction of sp³-hybridized carbons (Fsp3) is 0.625. The molecule has 2 rings (SSSR count). The van der Waals surface area contributed by atoms with Crippen LogP contribution in [0.2, 0.25) is 0 Å². The molecule has 1 unspecified atom stereocenters. The minimum absolute atomic E-state index is 0.333. The van der Waals surface area contributed by atoms with E-state index in [1.165, 1.54) is 18.4 Å². The van der Waals surface area contributed by atoms with Gasteiger partial charge in [0.25, 0.3) is 0 Å². The van der Waals surface area contributed by atoms with Crippen molar-refractivity contribution in [3.63, 3.8) is 0 Å². The summed E-state index contributed by atoms with van der Waals surface area (Å²) in [6.07, 6.45) is 3.66. The van der Waals surface area contributed by atoms with Gasteiger partial charge in [0.1, 0.15) is 16.0 Å². The zero-order chi connectivity index (χ0) is 14.8. The number of halogens is 1. The summed E-state index contributed by atoms with van der Waals surface area (Å²) in [6, 6.07) is 4.47. The molecule has 0 amide bonds. The minimum atomic E-state index is 0.333. The van der Waals surface area contributed by atoms with Crippen molar-refractivity contribution in [2.24, 2.45) is 5.41 Å². The lowest BCUT2D eigenvalue weighted by Crippen LogP contribution is -2.29. The molecule has 1 saturated carbocycles. The van der Waals surface area contributed by atoms with Crippen molar-refractivity contribution in [2.45, 2.75) is 39.2 Å². The Morgan fingerprint density at radius 1 is 1.30 bits per heavy atom. The minimum Gasteiger partial charge on any atom is -0.495 e. The molecule has 1 aromatic carbocycles. The van der Waals surface area contributed by atoms with Gasteiger partial charge in [0.2, 0.25) is 0 Å². The van der Waals surface area contributed by atoms with Crippen LogP contribution in [0.5, 0.6) is 11.5 Å². The van der Waals surface area contributed by atoms with Crippen molar-refractivity contribution in [1.82, 2.24) is 5.32 Å². The molecule has 1 fully saturated rings. The van der Waals surface area contributed by atoms with E-state index in [-0.39, 0.29) is 0 Å². The molecule has 1 N–H and O–H groups in total. The normalized spacial score (nSPS) is 17.6. The molecule has 1 aliphatic carbocycles. The number of hydrogen-bond acceptors (Lipinski definition) is 3. The number of methoxy groups -OCH3 is 2. The Morgan fingerprint density at radius 2 is 2.00 bits per heavy atom. The zero-order valence-corrected chi connectivity index (χ0v) is 14.3. The van der Waals surface area contributed by atoms with Gasteiger partial charge in [-0.3, -0.25) is 0 Å². The van der Waals surface area contributed by atoms with E-state index in [9.17, 15) is 0 Å². The average molecular weight is 342 g/mol. The van der Waals surface area contributed by atoms with E-state index in [1.807, 2.05) is 6.07 Å². The Hall–Kier alpha value is -0.740. The van der Waals surface area contributed by atoms with E-state index in [0.717, 1.165) is 28.9 Å². The van der Waals surface area contributed by atoms with Gasteiger partial charge in [-0.05, 0) is 59.3 Å². The highest BCUT2D eigenvalue weighted by atomic mass is 79.9. The van der Waals surface area contributed by atoms with Crippen molar-refractivity contribution < 1.29 is 9.47 Å². The number of ether oxygens (including phenoxy) is 2. The summed E-state index contributed by atoms with van der Waals surface area (Å²) in [5.41, 5.74) is 1.56. The number of benzene rings is 1. The highest BCUT2D eigenvalue weighted by molar-refractivity contribution is 9.10. The molecule has 1 aliphatic rings. The number of nitrogens with one attached hydrogen (secondary N) is 1. The maximum Gasteiger partial charge on any atom is 0.141 e. The van der Waals surface area contributed by atoms with Gasteiger partial charge in [0, 0.05) is 11.6 Å². The molecule has 0 radical (unpaired) electrons. The lowest BCUT2D eigenvalue weighted by molar-refractivity contribution is 0.338. The molecule has 0 aromatic heterocycles. The van der Waals surface area contributed by atoms with Gasteiger partial charge in [0.05, 0.1) is 14.2 Å². The first kappa shape index (κ1) is 15.6. The van der Waals surface area contributed by atoms with E-state index in [0.29, 0.717) is 11.5 Å². The van der Waals surface area contributed by atoms with Gasteiger partial charge in [-0.25, -0.2) is 0 Å². The van der Waals surface area contributed by atoms with E-state index >= 15 is 0 Å². The highest BCUT2D eigenvalue weighted by Gasteiger charge is 2.46. The summed E-state index contributed by atoms with van der Waals surface area (Å²) in [5, 5.41) is 3.69. The van der Waals surface area contributed by atoms with Crippen molar-refractivity contribution in [3.8, 4) is 11.5 Å². The largest absolute Gasteiger partial charge is 0.495 e. The van der Waals surface area contributed by atoms with Crippen LogP contribution in [0.25, 0.3) is 0 Å². The second-order valence-electron chi connectivity index (χ2n) is 5.75. The average Bonchev–Trinajstić information content (AvgIpc) is 3.18. The van der Waals surface area contributed by atoms with Crippen LogP contribution in [0.15, 0.2) is 16.6 Å². The van der Waals surface area contributed by atoms with Crippen LogP contribution in [0.4, 0.5) is 0 Å². The molecule has 0 heterocycles. The van der Waals surface area contributed by atoms with Gasteiger partial charge >= 0.3 is 0 Å². The van der Waals surface area contributed by atoms with Crippen molar-refractivity contribution in [2.75, 3.05) is 20.8 Å². The molecule has 1 atom stereocenters. The second-order valence-corrected chi connectivity index (χ2v) is 6.54. The van der Waals surface area contributed by atoms with Gasteiger partial charge < -0.3 is 14.8 Å². The fourth-order valence-corrected chi connectivity index (χ4v) is 3.34. The van der Waals surface area contributed by atoms with Crippen molar-refractivity contribution in [3.05, 3.63) is 22.2 Å². The standard InChI is InChI=1S/C16H24BrNO2/c1-5-10-18-15(16(2)8-9-16)11-6-7-12(19-3)13(17)14(11)20-4/h6-7,15,18H,5,8-10H2,1-4H3. The molecule has 20 heavy (non-hydrogen) atoms. The Labute approximate surface area is 130 Å². The molecule has 0 saturated heterocycles. The summed E-state index contributed by atoms with van der Waals surface area (Å²) >= 11 is 3.60. The van der Waals surface area contributed by atoms with Crippen LogP contribution in [0.3, 0.4) is 0 Å². The van der Waals surface area contributed by atoms with Crippen molar-refractivity contribution >= 4 is 15.9 Å². The first-order valence-corrected chi connectivity index (χ1v) is 8.00. The van der Waals surface area contributed by atoms with Crippen LogP contribution in [0.1, 0.15) is 44.7 Å². The molecular formula is C16H24BrNO2. The van der Waals surface area contributed by atoms with Crippen LogP contribution in [0, 0.1) is 5.41 Å². The van der Waals surface area contributed by atoms with E-state index < -0.39 is 0 Å². The first-order valence-electron chi connectivity index (χ1n) is 7.21. The molecule has 3 nitrogen and oxygen atoms in total. The fourth-order valence-electron chi connectivity index (χ4n) is 2.65. The Morgan fingerprint density at radius 3 is 2.50 bits per heavy atom. The molecule has 0 aliphatic heterocycles. The summed E-state index contributed by atoms with van der Waals surface area (Å²) in [5.74, 6) is 1.69. The number of hydrogen-bond donors (Lipinski definition) is 1. The molecule has 0 spiro atoms. The summed E-state index contributed by atoms with van der Waals surface area (Å²) in [4.78, 5) is 0. The third-order valence-corrected chi connectivity index (χ3v) is 4.91. The van der Waals surface area contributed by atoms with Gasteiger partial charge in [-0.1, -0.05) is 13.8 Å². The Balaban J connectivity index is 2.40. The van der Waals surface area contributed by atoms with Gasteiger partial charge in [-0.2, -0.15) is 0 Å². The molecular weight excluding hydrogens is 318 g/mol. The van der Waals surface area contributed by atoms with Crippen molar-refractivity contribution in [1.29, 1.82) is 0 Å². The van der Waals surface area contributed by atoms with E-state index in [2.05, 4.69) is 41.2 Å². The lowest BCUT2D eigenvalue weighted by Gasteiger charge is -2.28. The maximum atomic E-state index is 5.64. The Bertz CT molecular complexity index is 472. The summed E-state index contributed by atoms with van der Waals surface area (Å²) in [6.45, 7) is 5.56. The third-order valence-electron chi connectivity index (χ3n) is 4.16. The zero-order valence-electron chi connectivity index (χ0n) is 12.8. The SMILES string of the molecule is CCCNC(c1ccc(OC)c(Br)c1OC)C1(C)CC1. The molecule has 1 aromatic rings.